The second kappa shape index (κ2) is 4.53. The highest BCUT2D eigenvalue weighted by molar-refractivity contribution is 5.88. The largest absolute Gasteiger partial charge is 0.355 e. The summed E-state index contributed by atoms with van der Waals surface area (Å²) in [5.41, 5.74) is -0.00306. The number of carbonyl (C=O) groups is 1. The van der Waals surface area contributed by atoms with E-state index < -0.39 is 0 Å². The van der Waals surface area contributed by atoms with Gasteiger partial charge in [-0.15, -0.1) is 0 Å². The van der Waals surface area contributed by atoms with Gasteiger partial charge in [0.15, 0.2) is 5.78 Å². The molecule has 1 rings (SSSR count). The molecular weight excluding hydrogens is 168 g/mol. The van der Waals surface area contributed by atoms with E-state index in [9.17, 15) is 4.79 Å². The standard InChI is InChI=1S/C10H16O3/c1-3-9(11)4-5-10(2)6-12-8-13-7-10/h3H,1,4-8H2,2H3. The average molecular weight is 184 g/mol. The van der Waals surface area contributed by atoms with Crippen LogP contribution in [0, 0.1) is 5.41 Å². The van der Waals surface area contributed by atoms with Gasteiger partial charge in [-0.2, -0.15) is 0 Å². The lowest BCUT2D eigenvalue weighted by Gasteiger charge is -2.32. The molecule has 0 aromatic rings. The smallest absolute Gasteiger partial charge is 0.155 e. The predicted octanol–water partition coefficient (Wildman–Crippen LogP) is 1.53. The third-order valence-electron chi connectivity index (χ3n) is 2.27. The molecule has 0 bridgehead atoms. The van der Waals surface area contributed by atoms with Gasteiger partial charge in [-0.3, -0.25) is 4.79 Å². The molecule has 0 aliphatic carbocycles. The first-order valence-electron chi connectivity index (χ1n) is 4.47. The van der Waals surface area contributed by atoms with Crippen molar-refractivity contribution in [2.45, 2.75) is 19.8 Å². The van der Waals surface area contributed by atoms with Crippen molar-refractivity contribution in [2.24, 2.45) is 5.41 Å². The zero-order valence-corrected chi connectivity index (χ0v) is 8.04. The quantitative estimate of drug-likeness (QED) is 0.621. The molecule has 3 heteroatoms. The summed E-state index contributed by atoms with van der Waals surface area (Å²) in [4.78, 5) is 11.0. The van der Waals surface area contributed by atoms with Crippen molar-refractivity contribution in [3.8, 4) is 0 Å². The summed E-state index contributed by atoms with van der Waals surface area (Å²) in [6, 6.07) is 0. The molecule has 0 spiro atoms. The fraction of sp³-hybridized carbons (Fsp3) is 0.700. The molecule has 0 N–H and O–H groups in total. The SMILES string of the molecule is C=CC(=O)CCC1(C)COCOC1. The van der Waals surface area contributed by atoms with E-state index in [0.717, 1.165) is 6.42 Å². The molecule has 74 valence electrons. The van der Waals surface area contributed by atoms with Gasteiger partial charge in [0.2, 0.25) is 0 Å². The highest BCUT2D eigenvalue weighted by Gasteiger charge is 2.28. The Kier molecular flexibility index (Phi) is 3.63. The molecule has 0 amide bonds. The zero-order valence-electron chi connectivity index (χ0n) is 8.04. The summed E-state index contributed by atoms with van der Waals surface area (Å²) in [5, 5.41) is 0. The second-order valence-electron chi connectivity index (χ2n) is 3.80. The average Bonchev–Trinajstić information content (AvgIpc) is 2.15. The molecule has 3 nitrogen and oxygen atoms in total. The molecule has 1 saturated heterocycles. The number of ether oxygens (including phenoxy) is 2. The van der Waals surface area contributed by atoms with Crippen molar-refractivity contribution in [3.05, 3.63) is 12.7 Å². The van der Waals surface area contributed by atoms with E-state index in [1.165, 1.54) is 6.08 Å². The Balaban J connectivity index is 2.32. The molecule has 1 fully saturated rings. The van der Waals surface area contributed by atoms with Gasteiger partial charge in [-0.05, 0) is 12.5 Å². The molecule has 13 heavy (non-hydrogen) atoms. The van der Waals surface area contributed by atoms with Crippen LogP contribution in [-0.4, -0.2) is 25.8 Å². The first-order valence-corrected chi connectivity index (χ1v) is 4.47. The van der Waals surface area contributed by atoms with Crippen LogP contribution in [0.1, 0.15) is 19.8 Å². The number of ketones is 1. The summed E-state index contributed by atoms with van der Waals surface area (Å²) in [7, 11) is 0. The van der Waals surface area contributed by atoms with Gasteiger partial charge >= 0.3 is 0 Å². The van der Waals surface area contributed by atoms with Gasteiger partial charge in [-0.1, -0.05) is 13.5 Å². The van der Waals surface area contributed by atoms with E-state index >= 15 is 0 Å². The fourth-order valence-corrected chi connectivity index (χ4v) is 1.35. The number of hydrogen-bond acceptors (Lipinski definition) is 3. The van der Waals surface area contributed by atoms with E-state index in [-0.39, 0.29) is 11.2 Å². The van der Waals surface area contributed by atoms with Crippen LogP contribution >= 0.6 is 0 Å². The number of rotatable bonds is 4. The lowest BCUT2D eigenvalue weighted by molar-refractivity contribution is -0.161. The normalized spacial score (nSPS) is 21.0. The maximum Gasteiger partial charge on any atom is 0.155 e. The van der Waals surface area contributed by atoms with Crippen LogP contribution in [-0.2, 0) is 14.3 Å². The molecule has 0 atom stereocenters. The monoisotopic (exact) mass is 184 g/mol. The number of carbonyl (C=O) groups excluding carboxylic acids is 1. The maximum atomic E-state index is 11.0. The molecule has 0 saturated carbocycles. The summed E-state index contributed by atoms with van der Waals surface area (Å²) < 4.78 is 10.4. The first-order chi connectivity index (χ1) is 6.16. The van der Waals surface area contributed by atoms with Gasteiger partial charge in [0, 0.05) is 11.8 Å². The van der Waals surface area contributed by atoms with E-state index in [4.69, 9.17) is 9.47 Å². The molecule has 0 radical (unpaired) electrons. The maximum absolute atomic E-state index is 11.0. The van der Waals surface area contributed by atoms with Gasteiger partial charge in [-0.25, -0.2) is 0 Å². The van der Waals surface area contributed by atoms with Crippen LogP contribution in [0.15, 0.2) is 12.7 Å². The van der Waals surface area contributed by atoms with E-state index in [1.807, 2.05) is 0 Å². The Morgan fingerprint density at radius 1 is 1.54 bits per heavy atom. The van der Waals surface area contributed by atoms with Gasteiger partial charge in [0.05, 0.1) is 13.2 Å². The molecule has 1 aliphatic heterocycles. The number of hydrogen-bond donors (Lipinski definition) is 0. The topological polar surface area (TPSA) is 35.5 Å². The van der Waals surface area contributed by atoms with Crippen molar-refractivity contribution < 1.29 is 14.3 Å². The van der Waals surface area contributed by atoms with Crippen LogP contribution in [0.5, 0.6) is 0 Å². The van der Waals surface area contributed by atoms with Crippen molar-refractivity contribution >= 4 is 5.78 Å². The summed E-state index contributed by atoms with van der Waals surface area (Å²) in [5.74, 6) is 0.0896. The molecule has 0 aromatic heterocycles. The van der Waals surface area contributed by atoms with Crippen LogP contribution in [0.3, 0.4) is 0 Å². The summed E-state index contributed by atoms with van der Waals surface area (Å²) in [6.07, 6.45) is 2.71. The Morgan fingerprint density at radius 3 is 2.69 bits per heavy atom. The zero-order chi connectivity index (χ0) is 9.73. The number of allylic oxidation sites excluding steroid dienone is 1. The first kappa shape index (κ1) is 10.4. The summed E-state index contributed by atoms with van der Waals surface area (Å²) >= 11 is 0. The van der Waals surface area contributed by atoms with E-state index in [2.05, 4.69) is 13.5 Å². The Labute approximate surface area is 78.7 Å². The van der Waals surface area contributed by atoms with Crippen LogP contribution < -0.4 is 0 Å². The van der Waals surface area contributed by atoms with Gasteiger partial charge < -0.3 is 9.47 Å². The molecule has 1 heterocycles. The van der Waals surface area contributed by atoms with Crippen LogP contribution in [0.4, 0.5) is 0 Å². The minimum atomic E-state index is -0.00306. The minimum absolute atomic E-state index is 0.00306. The fourth-order valence-electron chi connectivity index (χ4n) is 1.35. The third-order valence-corrected chi connectivity index (χ3v) is 2.27. The van der Waals surface area contributed by atoms with Gasteiger partial charge in [0.25, 0.3) is 0 Å². The Hall–Kier alpha value is -0.670. The van der Waals surface area contributed by atoms with E-state index in [0.29, 0.717) is 26.4 Å². The molecular formula is C10H16O3. The highest BCUT2D eigenvalue weighted by Crippen LogP contribution is 2.27. The van der Waals surface area contributed by atoms with E-state index in [1.54, 1.807) is 0 Å². The summed E-state index contributed by atoms with van der Waals surface area (Å²) in [6.45, 7) is 7.24. The van der Waals surface area contributed by atoms with Crippen LogP contribution in [0.25, 0.3) is 0 Å². The Morgan fingerprint density at radius 2 is 2.15 bits per heavy atom. The molecule has 1 aliphatic rings. The van der Waals surface area contributed by atoms with Crippen molar-refractivity contribution in [1.82, 2.24) is 0 Å². The van der Waals surface area contributed by atoms with Crippen LogP contribution in [0.2, 0.25) is 0 Å². The lowest BCUT2D eigenvalue weighted by Crippen LogP contribution is -2.35. The van der Waals surface area contributed by atoms with Crippen molar-refractivity contribution in [2.75, 3.05) is 20.0 Å². The lowest BCUT2D eigenvalue weighted by atomic mass is 9.86. The Bertz CT molecular complexity index is 192. The molecule has 0 aromatic carbocycles. The predicted molar refractivity (Wildman–Crippen MR) is 49.3 cm³/mol. The van der Waals surface area contributed by atoms with Crippen molar-refractivity contribution in [3.63, 3.8) is 0 Å². The highest BCUT2D eigenvalue weighted by atomic mass is 16.7. The minimum Gasteiger partial charge on any atom is -0.355 e. The third kappa shape index (κ3) is 3.28. The molecule has 0 unspecified atom stereocenters. The second-order valence-corrected chi connectivity index (χ2v) is 3.80. The van der Waals surface area contributed by atoms with Crippen molar-refractivity contribution in [1.29, 1.82) is 0 Å². The van der Waals surface area contributed by atoms with Gasteiger partial charge in [0.1, 0.15) is 6.79 Å².